The van der Waals surface area contributed by atoms with Crippen molar-refractivity contribution in [3.8, 4) is 0 Å². The highest BCUT2D eigenvalue weighted by Crippen LogP contribution is 2.12. The first-order valence-corrected chi connectivity index (χ1v) is 5.87. The van der Waals surface area contributed by atoms with E-state index >= 15 is 0 Å². The first-order valence-electron chi connectivity index (χ1n) is 5.87. The summed E-state index contributed by atoms with van der Waals surface area (Å²) in [6.45, 7) is 9.53. The van der Waals surface area contributed by atoms with Crippen LogP contribution in [0.3, 0.4) is 0 Å². The molecule has 1 rings (SSSR count). The maximum Gasteiger partial charge on any atom is 0.126 e. The van der Waals surface area contributed by atoms with E-state index in [-0.39, 0.29) is 5.54 Å². The van der Waals surface area contributed by atoms with Gasteiger partial charge >= 0.3 is 0 Å². The molecule has 0 unspecified atom stereocenters. The van der Waals surface area contributed by atoms with Crippen molar-refractivity contribution in [3.05, 3.63) is 23.4 Å². The summed E-state index contributed by atoms with van der Waals surface area (Å²) in [6, 6.07) is 4.26. The summed E-state index contributed by atoms with van der Waals surface area (Å²) in [5, 5.41) is 6.59. The second-order valence-electron chi connectivity index (χ2n) is 5.06. The topological polar surface area (TPSA) is 37.0 Å². The number of anilines is 1. The second-order valence-corrected chi connectivity index (χ2v) is 5.06. The molecule has 0 spiro atoms. The first-order chi connectivity index (χ1) is 7.44. The van der Waals surface area contributed by atoms with Crippen LogP contribution in [-0.4, -0.2) is 17.6 Å². The molecule has 16 heavy (non-hydrogen) atoms. The van der Waals surface area contributed by atoms with Gasteiger partial charge in [0.05, 0.1) is 0 Å². The number of aryl methyl sites for hydroxylation is 1. The Morgan fingerprint density at radius 3 is 2.44 bits per heavy atom. The molecule has 0 atom stereocenters. The smallest absolute Gasteiger partial charge is 0.126 e. The average Bonchev–Trinajstić information content (AvgIpc) is 2.25. The molecule has 0 aliphatic heterocycles. The predicted molar refractivity (Wildman–Crippen MR) is 69.8 cm³/mol. The minimum atomic E-state index is 0.148. The summed E-state index contributed by atoms with van der Waals surface area (Å²) >= 11 is 0. The summed E-state index contributed by atoms with van der Waals surface area (Å²) in [6.07, 6.45) is 0.970. The first kappa shape index (κ1) is 13.0. The van der Waals surface area contributed by atoms with E-state index in [2.05, 4.69) is 55.4 Å². The lowest BCUT2D eigenvalue weighted by Crippen LogP contribution is -2.35. The summed E-state index contributed by atoms with van der Waals surface area (Å²) in [7, 11) is 1.91. The van der Waals surface area contributed by atoms with Crippen LogP contribution >= 0.6 is 0 Å². The van der Waals surface area contributed by atoms with Crippen molar-refractivity contribution < 1.29 is 0 Å². The van der Waals surface area contributed by atoms with E-state index in [4.69, 9.17) is 0 Å². The molecule has 0 bridgehead atoms. The van der Waals surface area contributed by atoms with Gasteiger partial charge in [-0.25, -0.2) is 4.98 Å². The van der Waals surface area contributed by atoms with Crippen molar-refractivity contribution in [1.29, 1.82) is 0 Å². The van der Waals surface area contributed by atoms with Crippen LogP contribution in [0.4, 0.5) is 5.82 Å². The van der Waals surface area contributed by atoms with E-state index in [1.54, 1.807) is 0 Å². The quantitative estimate of drug-likeness (QED) is 0.820. The molecule has 3 nitrogen and oxygen atoms in total. The van der Waals surface area contributed by atoms with Crippen LogP contribution in [0.15, 0.2) is 12.1 Å². The minimum absolute atomic E-state index is 0.148. The fourth-order valence-corrected chi connectivity index (χ4v) is 1.43. The molecule has 1 aromatic rings. The molecule has 0 saturated heterocycles. The number of nitrogens with zero attached hydrogens (tertiary/aromatic N) is 1. The van der Waals surface area contributed by atoms with Crippen molar-refractivity contribution >= 4 is 5.82 Å². The van der Waals surface area contributed by atoms with Crippen molar-refractivity contribution in [2.45, 2.75) is 46.2 Å². The molecule has 0 aliphatic rings. The van der Waals surface area contributed by atoms with E-state index in [1.165, 1.54) is 5.56 Å². The van der Waals surface area contributed by atoms with E-state index in [1.807, 2.05) is 7.05 Å². The largest absolute Gasteiger partial charge is 0.373 e. The van der Waals surface area contributed by atoms with Gasteiger partial charge in [0.1, 0.15) is 5.82 Å². The van der Waals surface area contributed by atoms with Gasteiger partial charge in [-0.05, 0) is 44.9 Å². The van der Waals surface area contributed by atoms with Crippen LogP contribution in [0.1, 0.15) is 39.0 Å². The lowest BCUT2D eigenvalue weighted by Gasteiger charge is -2.21. The lowest BCUT2D eigenvalue weighted by molar-refractivity contribution is 0.424. The van der Waals surface area contributed by atoms with Gasteiger partial charge in [0.25, 0.3) is 0 Å². The van der Waals surface area contributed by atoms with Crippen molar-refractivity contribution in [2.75, 3.05) is 12.4 Å². The molecular formula is C13H23N3. The zero-order valence-corrected chi connectivity index (χ0v) is 11.0. The monoisotopic (exact) mass is 221 g/mol. The Hall–Kier alpha value is -1.09. The highest BCUT2D eigenvalue weighted by atomic mass is 15.0. The molecule has 1 aromatic heterocycles. The van der Waals surface area contributed by atoms with Crippen molar-refractivity contribution in [1.82, 2.24) is 10.3 Å². The van der Waals surface area contributed by atoms with Crippen LogP contribution in [0.2, 0.25) is 0 Å². The SMILES string of the molecule is CCc1cc(CNC(C)(C)C)cc(NC)n1. The zero-order chi connectivity index (χ0) is 12.2. The Bertz CT molecular complexity index is 317. The number of hydrogen-bond acceptors (Lipinski definition) is 3. The van der Waals surface area contributed by atoms with E-state index < -0.39 is 0 Å². The van der Waals surface area contributed by atoms with Gasteiger partial charge in [-0.15, -0.1) is 0 Å². The van der Waals surface area contributed by atoms with Gasteiger partial charge in [-0.1, -0.05) is 6.92 Å². The van der Waals surface area contributed by atoms with Crippen molar-refractivity contribution in [2.24, 2.45) is 0 Å². The van der Waals surface area contributed by atoms with Gasteiger partial charge in [-0.3, -0.25) is 0 Å². The van der Waals surface area contributed by atoms with Crippen LogP contribution in [0, 0.1) is 0 Å². The Morgan fingerprint density at radius 2 is 1.94 bits per heavy atom. The van der Waals surface area contributed by atoms with E-state index in [0.717, 1.165) is 24.5 Å². The Balaban J connectivity index is 2.79. The normalized spacial score (nSPS) is 11.6. The molecule has 0 saturated carbocycles. The average molecular weight is 221 g/mol. The fraction of sp³-hybridized carbons (Fsp3) is 0.615. The van der Waals surface area contributed by atoms with Gasteiger partial charge in [0.2, 0.25) is 0 Å². The van der Waals surface area contributed by atoms with Crippen LogP contribution in [0.25, 0.3) is 0 Å². The molecule has 90 valence electrons. The third-order valence-electron chi connectivity index (χ3n) is 2.38. The van der Waals surface area contributed by atoms with Gasteiger partial charge in [0.15, 0.2) is 0 Å². The number of pyridine rings is 1. The predicted octanol–water partition coefficient (Wildman–Crippen LogP) is 2.57. The molecule has 1 heterocycles. The Kier molecular flexibility index (Phi) is 4.30. The lowest BCUT2D eigenvalue weighted by atomic mass is 10.1. The molecule has 0 aromatic carbocycles. The zero-order valence-electron chi connectivity index (χ0n) is 11.0. The number of rotatable bonds is 4. The standard InChI is InChI=1S/C13H23N3/c1-6-11-7-10(8-12(14-5)16-11)9-15-13(2,3)4/h7-8,15H,6,9H2,1-5H3,(H,14,16). The maximum absolute atomic E-state index is 4.48. The molecule has 2 N–H and O–H groups in total. The van der Waals surface area contributed by atoms with Gasteiger partial charge < -0.3 is 10.6 Å². The fourth-order valence-electron chi connectivity index (χ4n) is 1.43. The van der Waals surface area contributed by atoms with Crippen molar-refractivity contribution in [3.63, 3.8) is 0 Å². The molecule has 0 fully saturated rings. The van der Waals surface area contributed by atoms with Crippen LogP contribution in [-0.2, 0) is 13.0 Å². The Labute approximate surface area is 98.7 Å². The highest BCUT2D eigenvalue weighted by molar-refractivity contribution is 5.39. The third kappa shape index (κ3) is 4.19. The summed E-state index contributed by atoms with van der Waals surface area (Å²) < 4.78 is 0. The van der Waals surface area contributed by atoms with Crippen LogP contribution < -0.4 is 10.6 Å². The van der Waals surface area contributed by atoms with Gasteiger partial charge in [0, 0.05) is 24.8 Å². The molecule has 3 heteroatoms. The molecule has 0 radical (unpaired) electrons. The summed E-state index contributed by atoms with van der Waals surface area (Å²) in [4.78, 5) is 4.48. The van der Waals surface area contributed by atoms with E-state index in [9.17, 15) is 0 Å². The van der Waals surface area contributed by atoms with Gasteiger partial charge in [-0.2, -0.15) is 0 Å². The molecule has 0 aliphatic carbocycles. The summed E-state index contributed by atoms with van der Waals surface area (Å²) in [5.41, 5.74) is 2.57. The molecular weight excluding hydrogens is 198 g/mol. The minimum Gasteiger partial charge on any atom is -0.373 e. The summed E-state index contributed by atoms with van der Waals surface area (Å²) in [5.74, 6) is 0.949. The Morgan fingerprint density at radius 1 is 1.25 bits per heavy atom. The highest BCUT2D eigenvalue weighted by Gasteiger charge is 2.09. The number of aromatic nitrogens is 1. The maximum atomic E-state index is 4.48. The molecule has 0 amide bonds. The number of nitrogens with one attached hydrogen (secondary N) is 2. The van der Waals surface area contributed by atoms with E-state index in [0.29, 0.717) is 0 Å². The second kappa shape index (κ2) is 5.30. The van der Waals surface area contributed by atoms with Crippen LogP contribution in [0.5, 0.6) is 0 Å². The number of hydrogen-bond donors (Lipinski definition) is 2. The third-order valence-corrected chi connectivity index (χ3v) is 2.38.